The van der Waals surface area contributed by atoms with Gasteiger partial charge in [-0.25, -0.2) is 0 Å². The second-order valence-corrected chi connectivity index (χ2v) is 5.28. The lowest BCUT2D eigenvalue weighted by molar-refractivity contribution is -0.270. The van der Waals surface area contributed by atoms with Gasteiger partial charge in [0, 0.05) is 19.7 Å². The Balaban J connectivity index is 2.13. The van der Waals surface area contributed by atoms with Crippen molar-refractivity contribution in [2.24, 2.45) is 0 Å². The molecule has 0 N–H and O–H groups in total. The molecule has 0 bridgehead atoms. The molecular weight excluding hydrogens is 226 g/mol. The first-order chi connectivity index (χ1) is 8.54. The Bertz CT molecular complexity index is 381. The molecule has 1 fully saturated rings. The Morgan fingerprint density at radius 2 is 2.06 bits per heavy atom. The first-order valence-corrected chi connectivity index (χ1v) is 6.56. The first kappa shape index (κ1) is 13.5. The molecule has 1 aliphatic heterocycles. The lowest BCUT2D eigenvalue weighted by Gasteiger charge is -2.45. The van der Waals surface area contributed by atoms with E-state index in [1.165, 1.54) is 5.56 Å². The molecule has 0 aromatic heterocycles. The van der Waals surface area contributed by atoms with Crippen molar-refractivity contribution < 1.29 is 9.47 Å². The zero-order valence-electron chi connectivity index (χ0n) is 11.7. The predicted octanol–water partition coefficient (Wildman–Crippen LogP) is 2.83. The van der Waals surface area contributed by atoms with Gasteiger partial charge in [0.05, 0.1) is 12.6 Å². The lowest BCUT2D eigenvalue weighted by atomic mass is 10.0. The highest BCUT2D eigenvalue weighted by Gasteiger charge is 2.37. The molecule has 0 saturated carbocycles. The molecule has 100 valence electrons. The Morgan fingerprint density at radius 3 is 2.67 bits per heavy atom. The summed E-state index contributed by atoms with van der Waals surface area (Å²) in [6, 6.07) is 11.0. The highest BCUT2D eigenvalue weighted by Crippen LogP contribution is 2.29. The van der Waals surface area contributed by atoms with E-state index in [1.807, 2.05) is 6.92 Å². The van der Waals surface area contributed by atoms with E-state index >= 15 is 0 Å². The van der Waals surface area contributed by atoms with Crippen LogP contribution in [0.4, 0.5) is 0 Å². The molecule has 0 amide bonds. The van der Waals surface area contributed by atoms with Gasteiger partial charge in [0.2, 0.25) is 0 Å². The van der Waals surface area contributed by atoms with Crippen LogP contribution in [0.2, 0.25) is 0 Å². The van der Waals surface area contributed by atoms with Crippen LogP contribution >= 0.6 is 0 Å². The summed E-state index contributed by atoms with van der Waals surface area (Å²) in [5.74, 6) is -0.499. The fourth-order valence-electron chi connectivity index (χ4n) is 2.61. The van der Waals surface area contributed by atoms with E-state index < -0.39 is 5.79 Å². The summed E-state index contributed by atoms with van der Waals surface area (Å²) in [4.78, 5) is 2.42. The van der Waals surface area contributed by atoms with Crippen LogP contribution in [0.3, 0.4) is 0 Å². The molecule has 2 rings (SSSR count). The summed E-state index contributed by atoms with van der Waals surface area (Å²) in [6.45, 7) is 8.08. The smallest absolute Gasteiger partial charge is 0.178 e. The number of hydrogen-bond acceptors (Lipinski definition) is 3. The van der Waals surface area contributed by atoms with Crippen molar-refractivity contribution in [3.8, 4) is 0 Å². The van der Waals surface area contributed by atoms with E-state index in [9.17, 15) is 0 Å². The molecular formula is C15H23NO2. The summed E-state index contributed by atoms with van der Waals surface area (Å²) in [6.07, 6.45) is 0.190. The van der Waals surface area contributed by atoms with E-state index in [2.05, 4.69) is 49.1 Å². The number of benzene rings is 1. The van der Waals surface area contributed by atoms with Gasteiger partial charge in [-0.15, -0.1) is 0 Å². The second-order valence-electron chi connectivity index (χ2n) is 5.28. The zero-order valence-corrected chi connectivity index (χ0v) is 11.7. The topological polar surface area (TPSA) is 21.7 Å². The van der Waals surface area contributed by atoms with Crippen molar-refractivity contribution in [1.82, 2.24) is 4.90 Å². The van der Waals surface area contributed by atoms with Crippen molar-refractivity contribution >= 4 is 0 Å². The van der Waals surface area contributed by atoms with Gasteiger partial charge in [0.1, 0.15) is 0 Å². The molecule has 0 radical (unpaired) electrons. The summed E-state index contributed by atoms with van der Waals surface area (Å²) in [7, 11) is 1.71. The minimum atomic E-state index is -0.499. The minimum absolute atomic E-state index is 0.190. The number of ether oxygens (including phenoxy) is 2. The van der Waals surface area contributed by atoms with Crippen molar-refractivity contribution in [2.45, 2.75) is 38.7 Å². The number of morpholine rings is 1. The summed E-state index contributed by atoms with van der Waals surface area (Å²) < 4.78 is 11.4. The van der Waals surface area contributed by atoms with Gasteiger partial charge in [-0.1, -0.05) is 30.3 Å². The van der Waals surface area contributed by atoms with E-state index in [0.717, 1.165) is 13.1 Å². The molecule has 1 aromatic rings. The van der Waals surface area contributed by atoms with Gasteiger partial charge in [-0.05, 0) is 26.3 Å². The van der Waals surface area contributed by atoms with E-state index in [1.54, 1.807) is 7.11 Å². The van der Waals surface area contributed by atoms with E-state index in [-0.39, 0.29) is 6.10 Å². The third kappa shape index (κ3) is 2.91. The molecule has 0 spiro atoms. The maximum absolute atomic E-state index is 5.88. The number of methoxy groups -OCH3 is 1. The maximum atomic E-state index is 5.88. The lowest BCUT2D eigenvalue weighted by Crippen LogP contribution is -2.54. The number of hydrogen-bond donors (Lipinski definition) is 0. The average molecular weight is 249 g/mol. The van der Waals surface area contributed by atoms with Crippen molar-refractivity contribution in [1.29, 1.82) is 0 Å². The number of nitrogens with zero attached hydrogens (tertiary/aromatic N) is 1. The normalized spacial score (nSPS) is 31.2. The SMILES string of the molecule is CO[C@@]1(C)CN([C@H](C)c2ccccc2)C[C@H](C)O1. The predicted molar refractivity (Wildman–Crippen MR) is 72.4 cm³/mol. The highest BCUT2D eigenvalue weighted by molar-refractivity contribution is 5.18. The standard InChI is InChI=1S/C15H23NO2/c1-12-10-16(11-15(3,17-4)18-12)13(2)14-8-6-5-7-9-14/h5-9,12-13H,10-11H2,1-4H3/t12-,13+,15+/m0/s1. The largest absolute Gasteiger partial charge is 0.352 e. The molecule has 1 aromatic carbocycles. The molecule has 3 heteroatoms. The van der Waals surface area contributed by atoms with Crippen LogP contribution in [-0.2, 0) is 9.47 Å². The zero-order chi connectivity index (χ0) is 13.2. The third-order valence-electron chi connectivity index (χ3n) is 3.69. The molecule has 0 unspecified atom stereocenters. The molecule has 1 heterocycles. The Hall–Kier alpha value is -0.900. The van der Waals surface area contributed by atoms with Crippen LogP contribution in [0.5, 0.6) is 0 Å². The van der Waals surface area contributed by atoms with Gasteiger partial charge in [-0.3, -0.25) is 4.90 Å². The molecule has 1 aliphatic rings. The van der Waals surface area contributed by atoms with Crippen LogP contribution < -0.4 is 0 Å². The van der Waals surface area contributed by atoms with Gasteiger partial charge in [0.15, 0.2) is 5.79 Å². The molecule has 3 atom stereocenters. The average Bonchev–Trinajstić information content (AvgIpc) is 2.38. The first-order valence-electron chi connectivity index (χ1n) is 6.56. The summed E-state index contributed by atoms with van der Waals surface area (Å²) in [5, 5.41) is 0. The minimum Gasteiger partial charge on any atom is -0.352 e. The van der Waals surface area contributed by atoms with Gasteiger partial charge < -0.3 is 9.47 Å². The van der Waals surface area contributed by atoms with Gasteiger partial charge >= 0.3 is 0 Å². The van der Waals surface area contributed by atoms with Gasteiger partial charge in [0.25, 0.3) is 0 Å². The Kier molecular flexibility index (Phi) is 4.05. The second kappa shape index (κ2) is 5.39. The quantitative estimate of drug-likeness (QED) is 0.822. The summed E-state index contributed by atoms with van der Waals surface area (Å²) >= 11 is 0. The summed E-state index contributed by atoms with van der Waals surface area (Å²) in [5.41, 5.74) is 1.34. The Labute approximate surface area is 110 Å². The fraction of sp³-hybridized carbons (Fsp3) is 0.600. The fourth-order valence-corrected chi connectivity index (χ4v) is 2.61. The third-order valence-corrected chi connectivity index (χ3v) is 3.69. The molecule has 18 heavy (non-hydrogen) atoms. The van der Waals surface area contributed by atoms with Crippen LogP contribution in [0, 0.1) is 0 Å². The van der Waals surface area contributed by atoms with E-state index in [0.29, 0.717) is 6.04 Å². The number of rotatable bonds is 3. The molecule has 0 aliphatic carbocycles. The van der Waals surface area contributed by atoms with Crippen molar-refractivity contribution in [3.63, 3.8) is 0 Å². The maximum Gasteiger partial charge on any atom is 0.178 e. The van der Waals surface area contributed by atoms with Crippen LogP contribution in [0.1, 0.15) is 32.4 Å². The van der Waals surface area contributed by atoms with Crippen LogP contribution in [0.15, 0.2) is 30.3 Å². The van der Waals surface area contributed by atoms with Gasteiger partial charge in [-0.2, -0.15) is 0 Å². The van der Waals surface area contributed by atoms with Crippen molar-refractivity contribution in [2.75, 3.05) is 20.2 Å². The molecule has 1 saturated heterocycles. The van der Waals surface area contributed by atoms with E-state index in [4.69, 9.17) is 9.47 Å². The molecule has 3 nitrogen and oxygen atoms in total. The highest BCUT2D eigenvalue weighted by atomic mass is 16.7. The Morgan fingerprint density at radius 1 is 1.39 bits per heavy atom. The van der Waals surface area contributed by atoms with Crippen molar-refractivity contribution in [3.05, 3.63) is 35.9 Å². The van der Waals surface area contributed by atoms with Crippen LogP contribution in [0.25, 0.3) is 0 Å². The van der Waals surface area contributed by atoms with Crippen LogP contribution in [-0.4, -0.2) is 37.0 Å². The monoisotopic (exact) mass is 249 g/mol.